The molecule has 1 aromatic carbocycles. The van der Waals surface area contributed by atoms with Crippen LogP contribution in [0.15, 0.2) is 24.3 Å². The predicted molar refractivity (Wildman–Crippen MR) is 98.4 cm³/mol. The van der Waals surface area contributed by atoms with Crippen LogP contribution in [0.1, 0.15) is 55.5 Å². The van der Waals surface area contributed by atoms with Gasteiger partial charge in [0.25, 0.3) is 5.91 Å². The third-order valence-electron chi connectivity index (χ3n) is 5.68. The van der Waals surface area contributed by atoms with Crippen molar-refractivity contribution in [1.29, 1.82) is 0 Å². The monoisotopic (exact) mass is 342 g/mol. The van der Waals surface area contributed by atoms with E-state index in [2.05, 4.69) is 36.2 Å². The molecule has 0 radical (unpaired) electrons. The van der Waals surface area contributed by atoms with Crippen molar-refractivity contribution in [3.05, 3.63) is 35.4 Å². The molecule has 2 unspecified atom stereocenters. The summed E-state index contributed by atoms with van der Waals surface area (Å²) in [6.07, 6.45) is 5.73. The highest BCUT2D eigenvalue weighted by Crippen LogP contribution is 2.44. The molecule has 4 rings (SSSR count). The summed E-state index contributed by atoms with van der Waals surface area (Å²) in [5.41, 5.74) is 2.05. The first-order valence-corrected chi connectivity index (χ1v) is 9.86. The van der Waals surface area contributed by atoms with E-state index in [0.717, 1.165) is 37.0 Å². The standard InChI is InChI=1S/C21H30N2O2/c1-14-11-23(12-15(2)25-14)13-16-3-5-19(6-4-16)21(24)22-20(17-7-8-17)18-9-10-18/h3-6,14-15,17-18,20H,7-13H2,1-2H3,(H,22,24). The molecule has 1 saturated heterocycles. The Labute approximate surface area is 150 Å². The maximum absolute atomic E-state index is 12.6. The highest BCUT2D eigenvalue weighted by molar-refractivity contribution is 5.94. The molecule has 1 aliphatic heterocycles. The van der Waals surface area contributed by atoms with Gasteiger partial charge in [-0.25, -0.2) is 0 Å². The Morgan fingerprint density at radius 1 is 1.08 bits per heavy atom. The minimum Gasteiger partial charge on any atom is -0.373 e. The second kappa shape index (κ2) is 7.08. The maximum Gasteiger partial charge on any atom is 0.251 e. The molecule has 4 nitrogen and oxygen atoms in total. The van der Waals surface area contributed by atoms with Gasteiger partial charge in [-0.05, 0) is 69.1 Å². The summed E-state index contributed by atoms with van der Waals surface area (Å²) in [5, 5.41) is 3.30. The summed E-state index contributed by atoms with van der Waals surface area (Å²) in [4.78, 5) is 15.0. The van der Waals surface area contributed by atoms with Crippen LogP contribution >= 0.6 is 0 Å². The predicted octanol–water partition coefficient (Wildman–Crippen LogP) is 3.21. The molecule has 1 amide bonds. The molecule has 2 saturated carbocycles. The van der Waals surface area contributed by atoms with Crippen LogP contribution < -0.4 is 5.32 Å². The van der Waals surface area contributed by atoms with E-state index in [4.69, 9.17) is 4.74 Å². The molecule has 2 aliphatic carbocycles. The van der Waals surface area contributed by atoms with Crippen LogP contribution in [0.5, 0.6) is 0 Å². The second-order valence-corrected chi connectivity index (χ2v) is 8.32. The number of morpholine rings is 1. The Kier molecular flexibility index (Phi) is 4.83. The van der Waals surface area contributed by atoms with E-state index in [1.807, 2.05) is 12.1 Å². The van der Waals surface area contributed by atoms with Gasteiger partial charge in [0.2, 0.25) is 0 Å². The molecule has 136 valence electrons. The molecule has 3 aliphatic rings. The molecule has 0 bridgehead atoms. The van der Waals surface area contributed by atoms with Crippen molar-refractivity contribution < 1.29 is 9.53 Å². The number of ether oxygens (including phenoxy) is 1. The number of rotatable bonds is 6. The molecular formula is C21H30N2O2. The number of nitrogens with zero attached hydrogens (tertiary/aromatic N) is 1. The van der Waals surface area contributed by atoms with Crippen molar-refractivity contribution in [2.75, 3.05) is 13.1 Å². The largest absolute Gasteiger partial charge is 0.373 e. The van der Waals surface area contributed by atoms with Gasteiger partial charge in [0.05, 0.1) is 12.2 Å². The van der Waals surface area contributed by atoms with Crippen molar-refractivity contribution >= 4 is 5.91 Å². The van der Waals surface area contributed by atoms with Crippen molar-refractivity contribution in [3.63, 3.8) is 0 Å². The third-order valence-corrected chi connectivity index (χ3v) is 5.68. The molecule has 0 aromatic heterocycles. The summed E-state index contributed by atoms with van der Waals surface area (Å²) in [5.74, 6) is 1.58. The second-order valence-electron chi connectivity index (χ2n) is 8.32. The highest BCUT2D eigenvalue weighted by Gasteiger charge is 2.42. The Hall–Kier alpha value is -1.39. The third kappa shape index (κ3) is 4.42. The molecule has 4 heteroatoms. The molecule has 0 spiro atoms. The summed E-state index contributed by atoms with van der Waals surface area (Å²) < 4.78 is 5.80. The molecule has 3 fully saturated rings. The van der Waals surface area contributed by atoms with Gasteiger partial charge in [-0.3, -0.25) is 9.69 Å². The van der Waals surface area contributed by atoms with Crippen LogP contribution in [-0.2, 0) is 11.3 Å². The Bertz CT molecular complexity index is 585. The zero-order chi connectivity index (χ0) is 17.4. The first kappa shape index (κ1) is 17.0. The summed E-state index contributed by atoms with van der Waals surface area (Å²) in [6, 6.07) is 8.58. The highest BCUT2D eigenvalue weighted by atomic mass is 16.5. The molecule has 1 heterocycles. The topological polar surface area (TPSA) is 41.6 Å². The molecule has 2 atom stereocenters. The van der Waals surface area contributed by atoms with Crippen LogP contribution in [0.4, 0.5) is 0 Å². The van der Waals surface area contributed by atoms with Crippen LogP contribution in [-0.4, -0.2) is 42.1 Å². The first-order chi connectivity index (χ1) is 12.1. The van der Waals surface area contributed by atoms with E-state index in [1.165, 1.54) is 31.2 Å². The Balaban J connectivity index is 1.34. The van der Waals surface area contributed by atoms with Crippen LogP contribution in [0.25, 0.3) is 0 Å². The fourth-order valence-corrected chi connectivity index (χ4v) is 4.20. The van der Waals surface area contributed by atoms with E-state index in [0.29, 0.717) is 6.04 Å². The van der Waals surface area contributed by atoms with Crippen molar-refractivity contribution in [3.8, 4) is 0 Å². The molecule has 1 N–H and O–H groups in total. The lowest BCUT2D eigenvalue weighted by Crippen LogP contribution is -2.44. The number of hydrogen-bond acceptors (Lipinski definition) is 3. The van der Waals surface area contributed by atoms with E-state index in [1.54, 1.807) is 0 Å². The lowest BCUT2D eigenvalue weighted by molar-refractivity contribution is -0.0704. The summed E-state index contributed by atoms with van der Waals surface area (Å²) in [6.45, 7) is 7.12. The van der Waals surface area contributed by atoms with Gasteiger partial charge in [-0.1, -0.05) is 12.1 Å². The SMILES string of the molecule is CC1CN(Cc2ccc(C(=O)NC(C3CC3)C3CC3)cc2)CC(C)O1. The quantitative estimate of drug-likeness (QED) is 0.863. The lowest BCUT2D eigenvalue weighted by Gasteiger charge is -2.35. The van der Waals surface area contributed by atoms with Gasteiger partial charge < -0.3 is 10.1 Å². The number of carbonyl (C=O) groups is 1. The number of carbonyl (C=O) groups excluding carboxylic acids is 1. The van der Waals surface area contributed by atoms with Crippen molar-refractivity contribution in [2.24, 2.45) is 11.8 Å². The lowest BCUT2D eigenvalue weighted by atomic mass is 10.1. The number of benzene rings is 1. The average Bonchev–Trinajstić information content (AvgIpc) is 3.46. The normalized spacial score (nSPS) is 27.5. The molecule has 1 aromatic rings. The van der Waals surface area contributed by atoms with Gasteiger partial charge in [0.15, 0.2) is 0 Å². The fourth-order valence-electron chi connectivity index (χ4n) is 4.20. The minimum absolute atomic E-state index is 0.101. The van der Waals surface area contributed by atoms with Gasteiger partial charge in [0, 0.05) is 31.2 Å². The summed E-state index contributed by atoms with van der Waals surface area (Å²) >= 11 is 0. The van der Waals surface area contributed by atoms with Gasteiger partial charge in [-0.15, -0.1) is 0 Å². The van der Waals surface area contributed by atoms with Crippen molar-refractivity contribution in [1.82, 2.24) is 10.2 Å². The number of hydrogen-bond donors (Lipinski definition) is 1. The van der Waals surface area contributed by atoms with Crippen molar-refractivity contribution in [2.45, 2.75) is 64.3 Å². The fraction of sp³-hybridized carbons (Fsp3) is 0.667. The van der Waals surface area contributed by atoms with E-state index in [-0.39, 0.29) is 18.1 Å². The summed E-state index contributed by atoms with van der Waals surface area (Å²) in [7, 11) is 0. The van der Waals surface area contributed by atoms with E-state index < -0.39 is 0 Å². The smallest absolute Gasteiger partial charge is 0.251 e. The van der Waals surface area contributed by atoms with Gasteiger partial charge >= 0.3 is 0 Å². The Morgan fingerprint density at radius 3 is 2.16 bits per heavy atom. The van der Waals surface area contributed by atoms with Crippen LogP contribution in [0, 0.1) is 11.8 Å². The average molecular weight is 342 g/mol. The molecular weight excluding hydrogens is 312 g/mol. The van der Waals surface area contributed by atoms with Gasteiger partial charge in [0.1, 0.15) is 0 Å². The minimum atomic E-state index is 0.101. The van der Waals surface area contributed by atoms with Crippen LogP contribution in [0.3, 0.4) is 0 Å². The number of amides is 1. The van der Waals surface area contributed by atoms with Gasteiger partial charge in [-0.2, -0.15) is 0 Å². The van der Waals surface area contributed by atoms with Crippen LogP contribution in [0.2, 0.25) is 0 Å². The zero-order valence-corrected chi connectivity index (χ0v) is 15.4. The van der Waals surface area contributed by atoms with E-state index >= 15 is 0 Å². The first-order valence-electron chi connectivity index (χ1n) is 9.86. The van der Waals surface area contributed by atoms with E-state index in [9.17, 15) is 4.79 Å². The number of nitrogens with one attached hydrogen (secondary N) is 1. The zero-order valence-electron chi connectivity index (χ0n) is 15.4. The molecule has 25 heavy (non-hydrogen) atoms. The Morgan fingerprint density at radius 2 is 1.64 bits per heavy atom. The maximum atomic E-state index is 12.6.